The zero-order valence-corrected chi connectivity index (χ0v) is 12.3. The Morgan fingerprint density at radius 1 is 1.40 bits per heavy atom. The van der Waals surface area contributed by atoms with E-state index in [2.05, 4.69) is 5.32 Å². The average molecular weight is 304 g/mol. The van der Waals surface area contributed by atoms with Crippen LogP contribution in [0.4, 0.5) is 0 Å². The predicted octanol–water partition coefficient (Wildman–Crippen LogP) is 0.0412. The van der Waals surface area contributed by atoms with E-state index in [9.17, 15) is 18.0 Å². The van der Waals surface area contributed by atoms with Gasteiger partial charge in [-0.25, -0.2) is 12.7 Å². The van der Waals surface area contributed by atoms with Gasteiger partial charge < -0.3 is 14.8 Å². The summed E-state index contributed by atoms with van der Waals surface area (Å²) in [5.74, 6) is -2.19. The lowest BCUT2D eigenvalue weighted by molar-refractivity contribution is -0.138. The summed E-state index contributed by atoms with van der Waals surface area (Å²) in [6.07, 6.45) is 0. The molecule has 8 nitrogen and oxygen atoms in total. The number of rotatable bonds is 5. The van der Waals surface area contributed by atoms with Gasteiger partial charge >= 0.3 is 5.97 Å². The Labute approximate surface area is 116 Å². The molecule has 0 saturated heterocycles. The predicted molar refractivity (Wildman–Crippen MR) is 68.9 cm³/mol. The van der Waals surface area contributed by atoms with Crippen molar-refractivity contribution in [3.63, 3.8) is 0 Å². The Morgan fingerprint density at radius 2 is 1.95 bits per heavy atom. The van der Waals surface area contributed by atoms with Crippen molar-refractivity contribution in [3.05, 3.63) is 17.6 Å². The van der Waals surface area contributed by atoms with Crippen LogP contribution in [0.15, 0.2) is 15.4 Å². The van der Waals surface area contributed by atoms with Gasteiger partial charge in [-0.2, -0.15) is 0 Å². The van der Waals surface area contributed by atoms with Crippen LogP contribution in [0.1, 0.15) is 23.2 Å². The molecule has 0 aromatic carbocycles. The molecular formula is C11H16N2O6S. The molecule has 9 heteroatoms. The third-order valence-corrected chi connectivity index (χ3v) is 4.50. The second kappa shape index (κ2) is 5.63. The number of hydrogen-bond donors (Lipinski definition) is 2. The number of hydrogen-bond acceptors (Lipinski definition) is 5. The highest BCUT2D eigenvalue weighted by Gasteiger charge is 2.26. The Hall–Kier alpha value is -1.87. The van der Waals surface area contributed by atoms with Crippen molar-refractivity contribution in [1.82, 2.24) is 9.62 Å². The minimum absolute atomic E-state index is 0.0619. The third-order valence-electron chi connectivity index (χ3n) is 2.57. The van der Waals surface area contributed by atoms with Crippen LogP contribution in [-0.4, -0.2) is 49.8 Å². The number of nitrogens with zero attached hydrogens (tertiary/aromatic N) is 1. The smallest absolute Gasteiger partial charge is 0.325 e. The number of nitrogens with one attached hydrogen (secondary N) is 1. The molecule has 0 spiro atoms. The van der Waals surface area contributed by atoms with Gasteiger partial charge in [-0.3, -0.25) is 9.59 Å². The minimum atomic E-state index is -3.72. The van der Waals surface area contributed by atoms with E-state index in [0.29, 0.717) is 0 Å². The highest BCUT2D eigenvalue weighted by molar-refractivity contribution is 7.89. The molecular weight excluding hydrogens is 288 g/mol. The number of aryl methyl sites for hydroxylation is 1. The van der Waals surface area contributed by atoms with Crippen LogP contribution in [0.2, 0.25) is 0 Å². The number of carboxylic acid groups (broad SMARTS) is 1. The second-order valence-electron chi connectivity index (χ2n) is 4.35. The van der Waals surface area contributed by atoms with Crippen molar-refractivity contribution in [2.45, 2.75) is 24.8 Å². The quantitative estimate of drug-likeness (QED) is 0.793. The molecule has 112 valence electrons. The molecule has 0 unspecified atom stereocenters. The van der Waals surface area contributed by atoms with Gasteiger partial charge in [0.1, 0.15) is 16.7 Å². The van der Waals surface area contributed by atoms with Gasteiger partial charge in [0.15, 0.2) is 5.76 Å². The largest absolute Gasteiger partial charge is 0.480 e. The first-order valence-corrected chi connectivity index (χ1v) is 7.08. The maximum Gasteiger partial charge on any atom is 0.325 e. The molecule has 1 aromatic rings. The highest BCUT2D eigenvalue weighted by atomic mass is 32.2. The molecule has 0 fully saturated rings. The van der Waals surface area contributed by atoms with E-state index in [1.165, 1.54) is 27.9 Å². The van der Waals surface area contributed by atoms with Crippen LogP contribution in [-0.2, 0) is 14.8 Å². The molecule has 0 aliphatic heterocycles. The van der Waals surface area contributed by atoms with E-state index in [1.54, 1.807) is 0 Å². The molecule has 20 heavy (non-hydrogen) atoms. The summed E-state index contributed by atoms with van der Waals surface area (Å²) in [5.41, 5.74) is 0. The zero-order valence-electron chi connectivity index (χ0n) is 11.5. The number of sulfonamides is 1. The average Bonchev–Trinajstić information content (AvgIpc) is 2.71. The topological polar surface area (TPSA) is 117 Å². The van der Waals surface area contributed by atoms with Crippen molar-refractivity contribution >= 4 is 21.9 Å². The van der Waals surface area contributed by atoms with Gasteiger partial charge in [-0.15, -0.1) is 0 Å². The molecule has 1 rings (SSSR count). The standard InChI is InChI=1S/C11H16N2O6S/c1-6(11(15)16)12-10(14)8-5-9(7(2)19-8)20(17,18)13(3)4/h5-6H,1-4H3,(H,12,14)(H,15,16)/t6-/m1/s1. The summed E-state index contributed by atoms with van der Waals surface area (Å²) >= 11 is 0. The molecule has 1 aromatic heterocycles. The van der Waals surface area contributed by atoms with Crippen LogP contribution in [0.5, 0.6) is 0 Å². The summed E-state index contributed by atoms with van der Waals surface area (Å²) in [6, 6.07) is -0.0315. The summed E-state index contributed by atoms with van der Waals surface area (Å²) in [6.45, 7) is 2.70. The molecule has 2 N–H and O–H groups in total. The van der Waals surface area contributed by atoms with Crippen molar-refractivity contribution in [1.29, 1.82) is 0 Å². The maximum atomic E-state index is 12.0. The Balaban J connectivity index is 3.08. The highest BCUT2D eigenvalue weighted by Crippen LogP contribution is 2.22. The van der Waals surface area contributed by atoms with Gasteiger partial charge in [0, 0.05) is 20.2 Å². The summed E-state index contributed by atoms with van der Waals surface area (Å²) in [4.78, 5) is 22.3. The van der Waals surface area contributed by atoms with Gasteiger partial charge in [0.05, 0.1) is 0 Å². The molecule has 0 saturated carbocycles. The van der Waals surface area contributed by atoms with Crippen molar-refractivity contribution < 1.29 is 27.5 Å². The Morgan fingerprint density at radius 3 is 2.40 bits per heavy atom. The molecule has 0 bridgehead atoms. The van der Waals surface area contributed by atoms with Gasteiger partial charge in [0.2, 0.25) is 10.0 Å². The van der Waals surface area contributed by atoms with Crippen molar-refractivity contribution in [3.8, 4) is 0 Å². The monoisotopic (exact) mass is 304 g/mol. The van der Waals surface area contributed by atoms with E-state index in [1.807, 2.05) is 0 Å². The van der Waals surface area contributed by atoms with Crippen LogP contribution in [0.25, 0.3) is 0 Å². The Kier molecular flexibility index (Phi) is 4.56. The van der Waals surface area contributed by atoms with E-state index in [4.69, 9.17) is 9.52 Å². The fourth-order valence-corrected chi connectivity index (χ4v) is 2.41. The van der Waals surface area contributed by atoms with E-state index >= 15 is 0 Å². The van der Waals surface area contributed by atoms with Gasteiger partial charge in [0.25, 0.3) is 5.91 Å². The lowest BCUT2D eigenvalue weighted by Gasteiger charge is -2.09. The number of carboxylic acids is 1. The fraction of sp³-hybridized carbons (Fsp3) is 0.455. The lowest BCUT2D eigenvalue weighted by Crippen LogP contribution is -2.38. The first-order valence-electron chi connectivity index (χ1n) is 5.64. The van der Waals surface area contributed by atoms with Gasteiger partial charge in [-0.05, 0) is 13.8 Å². The third kappa shape index (κ3) is 3.17. The summed E-state index contributed by atoms with van der Waals surface area (Å²) in [7, 11) is -1.01. The maximum absolute atomic E-state index is 12.0. The fourth-order valence-electron chi connectivity index (χ4n) is 1.36. The van der Waals surface area contributed by atoms with E-state index in [0.717, 1.165) is 10.4 Å². The molecule has 1 amide bonds. The van der Waals surface area contributed by atoms with Crippen LogP contribution in [0.3, 0.4) is 0 Å². The van der Waals surface area contributed by atoms with Crippen LogP contribution in [0, 0.1) is 6.92 Å². The SMILES string of the molecule is Cc1oc(C(=O)N[C@H](C)C(=O)O)cc1S(=O)(=O)N(C)C. The summed E-state index contributed by atoms with van der Waals surface area (Å²) in [5, 5.41) is 10.9. The molecule has 0 aliphatic carbocycles. The van der Waals surface area contributed by atoms with Crippen LogP contribution < -0.4 is 5.32 Å². The number of amides is 1. The van der Waals surface area contributed by atoms with E-state index in [-0.39, 0.29) is 16.4 Å². The molecule has 1 atom stereocenters. The Bertz CT molecular complexity index is 631. The molecule has 1 heterocycles. The number of carbonyl (C=O) groups is 2. The number of furan rings is 1. The van der Waals surface area contributed by atoms with E-state index < -0.39 is 27.9 Å². The van der Waals surface area contributed by atoms with Crippen molar-refractivity contribution in [2.24, 2.45) is 0 Å². The van der Waals surface area contributed by atoms with Crippen LogP contribution >= 0.6 is 0 Å². The van der Waals surface area contributed by atoms with Gasteiger partial charge in [-0.1, -0.05) is 0 Å². The first kappa shape index (κ1) is 16.2. The minimum Gasteiger partial charge on any atom is -0.480 e. The number of aliphatic carboxylic acids is 1. The lowest BCUT2D eigenvalue weighted by atomic mass is 10.3. The first-order chi connectivity index (χ1) is 9.07. The second-order valence-corrected chi connectivity index (χ2v) is 6.47. The molecule has 0 aliphatic rings. The zero-order chi connectivity index (χ0) is 15.7. The normalized spacial score (nSPS) is 13.2. The summed E-state index contributed by atoms with van der Waals surface area (Å²) < 4.78 is 30.0. The number of carbonyl (C=O) groups excluding carboxylic acids is 1. The molecule has 0 radical (unpaired) electrons. The van der Waals surface area contributed by atoms with Crippen molar-refractivity contribution in [2.75, 3.05) is 14.1 Å².